The third-order valence-electron chi connectivity index (χ3n) is 4.40. The van der Waals surface area contributed by atoms with Gasteiger partial charge in [0.15, 0.2) is 0 Å². The lowest BCUT2D eigenvalue weighted by Gasteiger charge is -2.31. The predicted octanol–water partition coefficient (Wildman–Crippen LogP) is 1.66. The highest BCUT2D eigenvalue weighted by molar-refractivity contribution is 5.81. The molecule has 0 amide bonds. The molecule has 2 unspecified atom stereocenters. The van der Waals surface area contributed by atoms with Crippen LogP contribution in [0.5, 0.6) is 0 Å². The van der Waals surface area contributed by atoms with Gasteiger partial charge in [-0.3, -0.25) is 4.79 Å². The fraction of sp³-hybridized carbons (Fsp3) is 0.562. The molecule has 1 aromatic carbocycles. The van der Waals surface area contributed by atoms with Gasteiger partial charge < -0.3 is 14.9 Å². The van der Waals surface area contributed by atoms with Crippen molar-refractivity contribution >= 4 is 5.97 Å². The normalized spacial score (nSPS) is 22.9. The first-order chi connectivity index (χ1) is 9.43. The highest BCUT2D eigenvalue weighted by atomic mass is 16.4. The van der Waals surface area contributed by atoms with E-state index in [2.05, 4.69) is 23.9 Å². The number of aliphatic carboxylic acids is 1. The number of likely N-dealkylation sites (N-methyl/N-ethyl adjacent to an activating group) is 1. The van der Waals surface area contributed by atoms with Gasteiger partial charge in [-0.2, -0.15) is 0 Å². The van der Waals surface area contributed by atoms with E-state index < -0.39 is 11.4 Å². The van der Waals surface area contributed by atoms with Crippen molar-refractivity contribution in [3.63, 3.8) is 0 Å². The number of benzene rings is 1. The molecule has 0 spiro atoms. The average Bonchev–Trinajstić information content (AvgIpc) is 2.88. The van der Waals surface area contributed by atoms with Crippen LogP contribution in [0, 0.1) is 0 Å². The zero-order chi connectivity index (χ0) is 14.8. The van der Waals surface area contributed by atoms with Gasteiger partial charge in [-0.05, 0) is 39.5 Å². The van der Waals surface area contributed by atoms with Gasteiger partial charge in [-0.25, -0.2) is 0 Å². The summed E-state index contributed by atoms with van der Waals surface area (Å²) in [5, 5.41) is 9.68. The SMILES string of the molecule is CN(C)C1CCN(CC(C)(C(=O)O)c2ccccc2)C1. The molecule has 2 atom stereocenters. The van der Waals surface area contributed by atoms with Crippen LogP contribution in [0.15, 0.2) is 30.3 Å². The van der Waals surface area contributed by atoms with Gasteiger partial charge in [-0.15, -0.1) is 0 Å². The summed E-state index contributed by atoms with van der Waals surface area (Å²) in [6.07, 6.45) is 1.11. The second kappa shape index (κ2) is 5.94. The minimum absolute atomic E-state index is 0.531. The van der Waals surface area contributed by atoms with Gasteiger partial charge in [-0.1, -0.05) is 30.3 Å². The van der Waals surface area contributed by atoms with Gasteiger partial charge in [0.25, 0.3) is 0 Å². The summed E-state index contributed by atoms with van der Waals surface area (Å²) >= 11 is 0. The lowest BCUT2D eigenvalue weighted by Crippen LogP contribution is -2.44. The number of rotatable bonds is 5. The summed E-state index contributed by atoms with van der Waals surface area (Å²) in [5.74, 6) is -0.753. The molecule has 0 saturated carbocycles. The Morgan fingerprint density at radius 2 is 2.05 bits per heavy atom. The Morgan fingerprint density at radius 1 is 1.40 bits per heavy atom. The third kappa shape index (κ3) is 3.02. The summed E-state index contributed by atoms with van der Waals surface area (Å²) in [7, 11) is 4.17. The van der Waals surface area contributed by atoms with E-state index in [9.17, 15) is 9.90 Å². The van der Waals surface area contributed by atoms with Crippen LogP contribution in [0.1, 0.15) is 18.9 Å². The van der Waals surface area contributed by atoms with Crippen LogP contribution in [0.25, 0.3) is 0 Å². The number of hydrogen-bond acceptors (Lipinski definition) is 3. The quantitative estimate of drug-likeness (QED) is 0.888. The van der Waals surface area contributed by atoms with Crippen molar-refractivity contribution in [1.82, 2.24) is 9.80 Å². The van der Waals surface area contributed by atoms with Crippen molar-refractivity contribution in [2.24, 2.45) is 0 Å². The molecule has 4 heteroatoms. The number of nitrogens with zero attached hydrogens (tertiary/aromatic N) is 2. The molecule has 1 aromatic rings. The molecule has 1 heterocycles. The molecule has 1 fully saturated rings. The summed E-state index contributed by atoms with van der Waals surface area (Å²) in [4.78, 5) is 16.3. The van der Waals surface area contributed by atoms with Crippen LogP contribution in [-0.4, -0.2) is 60.6 Å². The third-order valence-corrected chi connectivity index (χ3v) is 4.40. The Bertz CT molecular complexity index is 461. The molecular formula is C16H24N2O2. The Kier molecular flexibility index (Phi) is 4.45. The first-order valence-corrected chi connectivity index (χ1v) is 7.11. The molecule has 1 saturated heterocycles. The minimum Gasteiger partial charge on any atom is -0.481 e. The Hall–Kier alpha value is -1.39. The second-order valence-corrected chi connectivity index (χ2v) is 6.14. The largest absolute Gasteiger partial charge is 0.481 e. The van der Waals surface area contributed by atoms with E-state index in [0.29, 0.717) is 12.6 Å². The molecule has 4 nitrogen and oxygen atoms in total. The van der Waals surface area contributed by atoms with Gasteiger partial charge in [0.05, 0.1) is 0 Å². The van der Waals surface area contributed by atoms with Crippen LogP contribution in [-0.2, 0) is 10.2 Å². The fourth-order valence-corrected chi connectivity index (χ4v) is 2.91. The minimum atomic E-state index is -0.845. The van der Waals surface area contributed by atoms with Gasteiger partial charge in [0.1, 0.15) is 5.41 Å². The molecule has 1 aliphatic rings. The Balaban J connectivity index is 2.13. The topological polar surface area (TPSA) is 43.8 Å². The van der Waals surface area contributed by atoms with Crippen molar-refractivity contribution in [1.29, 1.82) is 0 Å². The maximum atomic E-state index is 11.8. The van der Waals surface area contributed by atoms with Crippen LogP contribution in [0.3, 0.4) is 0 Å². The molecule has 2 rings (SSSR count). The standard InChI is InChI=1S/C16H24N2O2/c1-16(15(19)20,13-7-5-4-6-8-13)12-18-10-9-14(11-18)17(2)3/h4-8,14H,9-12H2,1-3H3,(H,19,20). The van der Waals surface area contributed by atoms with Crippen LogP contribution >= 0.6 is 0 Å². The number of hydrogen-bond donors (Lipinski definition) is 1. The van der Waals surface area contributed by atoms with Crippen molar-refractivity contribution in [2.75, 3.05) is 33.7 Å². The predicted molar refractivity (Wildman–Crippen MR) is 80.0 cm³/mol. The Morgan fingerprint density at radius 3 is 2.55 bits per heavy atom. The second-order valence-electron chi connectivity index (χ2n) is 6.14. The van der Waals surface area contributed by atoms with E-state index in [-0.39, 0.29) is 0 Å². The first kappa shape index (κ1) is 15.0. The summed E-state index contributed by atoms with van der Waals surface area (Å²) in [6, 6.07) is 10.1. The molecule has 0 radical (unpaired) electrons. The lowest BCUT2D eigenvalue weighted by atomic mass is 9.82. The summed E-state index contributed by atoms with van der Waals surface area (Å²) in [6.45, 7) is 4.31. The maximum Gasteiger partial charge on any atom is 0.315 e. The van der Waals surface area contributed by atoms with E-state index >= 15 is 0 Å². The molecule has 1 N–H and O–H groups in total. The van der Waals surface area contributed by atoms with E-state index in [4.69, 9.17) is 0 Å². The smallest absolute Gasteiger partial charge is 0.315 e. The molecular weight excluding hydrogens is 252 g/mol. The average molecular weight is 276 g/mol. The molecule has 1 aliphatic heterocycles. The van der Waals surface area contributed by atoms with Crippen molar-refractivity contribution in [3.05, 3.63) is 35.9 Å². The summed E-state index contributed by atoms with van der Waals surface area (Å²) in [5.41, 5.74) is 0.0310. The summed E-state index contributed by atoms with van der Waals surface area (Å²) < 4.78 is 0. The van der Waals surface area contributed by atoms with Crippen molar-refractivity contribution in [3.8, 4) is 0 Å². The molecule has 110 valence electrons. The van der Waals surface area contributed by atoms with Crippen molar-refractivity contribution in [2.45, 2.75) is 24.8 Å². The zero-order valence-electron chi connectivity index (χ0n) is 12.5. The number of carboxylic acid groups (broad SMARTS) is 1. The van der Waals surface area contributed by atoms with E-state index in [0.717, 1.165) is 25.1 Å². The molecule has 0 aliphatic carbocycles. The molecule has 0 aromatic heterocycles. The molecule has 20 heavy (non-hydrogen) atoms. The highest BCUT2D eigenvalue weighted by Crippen LogP contribution is 2.27. The van der Waals surface area contributed by atoms with Crippen LogP contribution in [0.4, 0.5) is 0 Å². The van der Waals surface area contributed by atoms with E-state index in [1.807, 2.05) is 37.3 Å². The number of likely N-dealkylation sites (tertiary alicyclic amines) is 1. The van der Waals surface area contributed by atoms with Crippen LogP contribution in [0.2, 0.25) is 0 Å². The van der Waals surface area contributed by atoms with Gasteiger partial charge in [0.2, 0.25) is 0 Å². The number of carboxylic acids is 1. The van der Waals surface area contributed by atoms with Gasteiger partial charge >= 0.3 is 5.97 Å². The number of carbonyl (C=O) groups is 1. The van der Waals surface area contributed by atoms with Crippen LogP contribution < -0.4 is 0 Å². The lowest BCUT2D eigenvalue weighted by molar-refractivity contribution is -0.143. The fourth-order valence-electron chi connectivity index (χ4n) is 2.91. The highest BCUT2D eigenvalue weighted by Gasteiger charge is 2.39. The van der Waals surface area contributed by atoms with Crippen molar-refractivity contribution < 1.29 is 9.90 Å². The monoisotopic (exact) mass is 276 g/mol. The van der Waals surface area contributed by atoms with E-state index in [1.165, 1.54) is 0 Å². The maximum absolute atomic E-state index is 11.8. The van der Waals surface area contributed by atoms with Gasteiger partial charge in [0, 0.05) is 19.1 Å². The first-order valence-electron chi connectivity index (χ1n) is 7.11. The Labute approximate surface area is 121 Å². The molecule has 0 bridgehead atoms. The van der Waals surface area contributed by atoms with E-state index in [1.54, 1.807) is 0 Å². The zero-order valence-corrected chi connectivity index (χ0v) is 12.5.